The molecule has 1 aromatic rings. The lowest BCUT2D eigenvalue weighted by Crippen LogP contribution is -2.40. The van der Waals surface area contributed by atoms with Crippen molar-refractivity contribution in [3.8, 4) is 0 Å². The molecular weight excluding hydrogens is 224 g/mol. The fourth-order valence-corrected chi connectivity index (χ4v) is 2.30. The van der Waals surface area contributed by atoms with Gasteiger partial charge in [-0.25, -0.2) is 0 Å². The lowest BCUT2D eigenvalue weighted by molar-refractivity contribution is 0.227. The molecule has 4 heteroatoms. The van der Waals surface area contributed by atoms with Crippen molar-refractivity contribution in [1.29, 1.82) is 0 Å². The third-order valence-corrected chi connectivity index (χ3v) is 3.40. The number of aromatic nitrogens is 2. The molecule has 1 aromatic heterocycles. The van der Waals surface area contributed by atoms with Crippen molar-refractivity contribution in [2.75, 3.05) is 20.6 Å². The zero-order chi connectivity index (χ0) is 13.8. The topological polar surface area (TPSA) is 33.1 Å². The largest absolute Gasteiger partial charge is 0.316 e. The lowest BCUT2D eigenvalue weighted by atomic mass is 9.85. The SMILES string of the molecule is CNC(CCN(C)Cc1cnn(C)c1)C(C)(C)C. The molecule has 0 aliphatic carbocycles. The Morgan fingerprint density at radius 1 is 1.44 bits per heavy atom. The first-order valence-corrected chi connectivity index (χ1v) is 6.66. The molecule has 0 saturated heterocycles. The number of rotatable bonds is 6. The van der Waals surface area contributed by atoms with Gasteiger partial charge in [-0.1, -0.05) is 20.8 Å². The summed E-state index contributed by atoms with van der Waals surface area (Å²) in [5.41, 5.74) is 1.58. The predicted octanol–water partition coefficient (Wildman–Crippen LogP) is 1.88. The highest BCUT2D eigenvalue weighted by atomic mass is 15.2. The molecular formula is C14H28N4. The summed E-state index contributed by atoms with van der Waals surface area (Å²) in [6, 6.07) is 0.550. The van der Waals surface area contributed by atoms with Crippen LogP contribution in [0, 0.1) is 5.41 Å². The molecule has 0 aliphatic heterocycles. The smallest absolute Gasteiger partial charge is 0.0534 e. The molecule has 0 amide bonds. The molecule has 1 unspecified atom stereocenters. The minimum Gasteiger partial charge on any atom is -0.316 e. The van der Waals surface area contributed by atoms with Crippen LogP contribution in [0.4, 0.5) is 0 Å². The number of nitrogens with one attached hydrogen (secondary N) is 1. The van der Waals surface area contributed by atoms with Crippen LogP contribution in [0.2, 0.25) is 0 Å². The van der Waals surface area contributed by atoms with Crippen LogP contribution in [0.25, 0.3) is 0 Å². The summed E-state index contributed by atoms with van der Waals surface area (Å²) in [4.78, 5) is 2.35. The van der Waals surface area contributed by atoms with Crippen molar-refractivity contribution < 1.29 is 0 Å². The van der Waals surface area contributed by atoms with Crippen molar-refractivity contribution in [3.63, 3.8) is 0 Å². The Bertz CT molecular complexity index is 351. The maximum atomic E-state index is 4.20. The maximum Gasteiger partial charge on any atom is 0.0534 e. The molecule has 0 aliphatic rings. The van der Waals surface area contributed by atoms with E-state index in [0.29, 0.717) is 11.5 Å². The van der Waals surface area contributed by atoms with Gasteiger partial charge in [0.2, 0.25) is 0 Å². The molecule has 4 nitrogen and oxygen atoms in total. The average molecular weight is 252 g/mol. The van der Waals surface area contributed by atoms with Gasteiger partial charge in [0.05, 0.1) is 6.20 Å². The standard InChI is InChI=1S/C14H28N4/c1-14(2,3)13(15-4)7-8-17(5)10-12-9-16-18(6)11-12/h9,11,13,15H,7-8,10H2,1-6H3. The van der Waals surface area contributed by atoms with Crippen molar-refractivity contribution >= 4 is 0 Å². The Labute approximate surface area is 111 Å². The van der Waals surface area contributed by atoms with Gasteiger partial charge in [0.1, 0.15) is 0 Å². The van der Waals surface area contributed by atoms with E-state index in [4.69, 9.17) is 0 Å². The quantitative estimate of drug-likeness (QED) is 0.839. The van der Waals surface area contributed by atoms with E-state index in [1.165, 1.54) is 5.56 Å². The third kappa shape index (κ3) is 4.78. The van der Waals surface area contributed by atoms with Crippen LogP contribution in [0.5, 0.6) is 0 Å². The second-order valence-electron chi connectivity index (χ2n) is 6.26. The summed E-state index contributed by atoms with van der Waals surface area (Å²) in [6.45, 7) is 8.92. The van der Waals surface area contributed by atoms with Crippen molar-refractivity contribution in [2.45, 2.75) is 39.8 Å². The van der Waals surface area contributed by atoms with Crippen LogP contribution in [0.3, 0.4) is 0 Å². The highest BCUT2D eigenvalue weighted by molar-refractivity contribution is 5.02. The lowest BCUT2D eigenvalue weighted by Gasteiger charge is -2.31. The van der Waals surface area contributed by atoms with Crippen molar-refractivity contribution in [3.05, 3.63) is 18.0 Å². The molecule has 18 heavy (non-hydrogen) atoms. The van der Waals surface area contributed by atoms with Crippen LogP contribution in [0.1, 0.15) is 32.8 Å². The van der Waals surface area contributed by atoms with Crippen molar-refractivity contribution in [1.82, 2.24) is 20.0 Å². The molecule has 1 N–H and O–H groups in total. The third-order valence-electron chi connectivity index (χ3n) is 3.40. The van der Waals surface area contributed by atoms with E-state index in [9.17, 15) is 0 Å². The molecule has 1 atom stereocenters. The second-order valence-corrected chi connectivity index (χ2v) is 6.26. The molecule has 0 saturated carbocycles. The monoisotopic (exact) mass is 252 g/mol. The molecule has 1 rings (SSSR count). The summed E-state index contributed by atoms with van der Waals surface area (Å²) in [5, 5.41) is 7.62. The molecule has 1 heterocycles. The number of hydrogen-bond donors (Lipinski definition) is 1. The Morgan fingerprint density at radius 2 is 2.11 bits per heavy atom. The fourth-order valence-electron chi connectivity index (χ4n) is 2.30. The first-order chi connectivity index (χ1) is 8.32. The maximum absolute atomic E-state index is 4.20. The number of hydrogen-bond acceptors (Lipinski definition) is 3. The van der Waals surface area contributed by atoms with Gasteiger partial charge in [-0.15, -0.1) is 0 Å². The zero-order valence-corrected chi connectivity index (χ0v) is 12.7. The average Bonchev–Trinajstić information content (AvgIpc) is 2.62. The van der Waals surface area contributed by atoms with E-state index >= 15 is 0 Å². The first kappa shape index (κ1) is 15.2. The minimum atomic E-state index is 0.309. The van der Waals surface area contributed by atoms with E-state index in [1.807, 2.05) is 17.9 Å². The van der Waals surface area contributed by atoms with Gasteiger partial charge in [-0.05, 0) is 32.5 Å². The second kappa shape index (κ2) is 6.34. The van der Waals surface area contributed by atoms with Crippen molar-refractivity contribution in [2.24, 2.45) is 12.5 Å². The molecule has 0 radical (unpaired) electrons. The van der Waals surface area contributed by atoms with Crippen LogP contribution in [-0.2, 0) is 13.6 Å². The Kier molecular flexibility index (Phi) is 5.35. The molecule has 0 fully saturated rings. The molecule has 0 aromatic carbocycles. The Morgan fingerprint density at radius 3 is 2.56 bits per heavy atom. The van der Waals surface area contributed by atoms with Gasteiger partial charge < -0.3 is 10.2 Å². The zero-order valence-electron chi connectivity index (χ0n) is 12.7. The van der Waals surface area contributed by atoms with E-state index in [2.05, 4.69) is 56.4 Å². The Hall–Kier alpha value is -0.870. The van der Waals surface area contributed by atoms with Gasteiger partial charge in [0, 0.05) is 31.4 Å². The number of nitrogens with zero attached hydrogens (tertiary/aromatic N) is 3. The van der Waals surface area contributed by atoms with Gasteiger partial charge in [-0.3, -0.25) is 4.68 Å². The van der Waals surface area contributed by atoms with Gasteiger partial charge in [0.15, 0.2) is 0 Å². The Balaban J connectivity index is 2.38. The van der Waals surface area contributed by atoms with Crippen LogP contribution in [0.15, 0.2) is 12.4 Å². The van der Waals surface area contributed by atoms with E-state index < -0.39 is 0 Å². The summed E-state index contributed by atoms with van der Waals surface area (Å²) >= 11 is 0. The summed E-state index contributed by atoms with van der Waals surface area (Å²) in [7, 11) is 6.18. The van der Waals surface area contributed by atoms with Gasteiger partial charge >= 0.3 is 0 Å². The van der Waals surface area contributed by atoms with Gasteiger partial charge in [0.25, 0.3) is 0 Å². The molecule has 104 valence electrons. The van der Waals surface area contributed by atoms with E-state index in [0.717, 1.165) is 19.5 Å². The highest BCUT2D eigenvalue weighted by Gasteiger charge is 2.22. The van der Waals surface area contributed by atoms with Crippen LogP contribution in [-0.4, -0.2) is 41.4 Å². The summed E-state index contributed by atoms with van der Waals surface area (Å²) in [6.07, 6.45) is 5.18. The first-order valence-electron chi connectivity index (χ1n) is 6.66. The van der Waals surface area contributed by atoms with Crippen LogP contribution >= 0.6 is 0 Å². The minimum absolute atomic E-state index is 0.309. The van der Waals surface area contributed by atoms with Crippen LogP contribution < -0.4 is 5.32 Å². The predicted molar refractivity (Wildman–Crippen MR) is 76.5 cm³/mol. The molecule has 0 bridgehead atoms. The van der Waals surface area contributed by atoms with E-state index in [-0.39, 0.29) is 0 Å². The van der Waals surface area contributed by atoms with Gasteiger partial charge in [-0.2, -0.15) is 5.10 Å². The number of aryl methyl sites for hydroxylation is 1. The highest BCUT2D eigenvalue weighted by Crippen LogP contribution is 2.21. The summed E-state index contributed by atoms with van der Waals surface area (Å²) < 4.78 is 1.86. The molecule has 0 spiro atoms. The summed E-state index contributed by atoms with van der Waals surface area (Å²) in [5.74, 6) is 0. The van der Waals surface area contributed by atoms with E-state index in [1.54, 1.807) is 0 Å². The normalized spacial score (nSPS) is 14.2. The fraction of sp³-hybridized carbons (Fsp3) is 0.786.